The summed E-state index contributed by atoms with van der Waals surface area (Å²) in [5.41, 5.74) is 5.74. The number of benzene rings is 1. The number of hydrogen-bond donors (Lipinski definition) is 3. The number of carbonyl (C=O) groups excluding carboxylic acids is 1. The zero-order chi connectivity index (χ0) is 14.7. The van der Waals surface area contributed by atoms with Gasteiger partial charge in [-0.05, 0) is 31.0 Å². The number of nitrogens with zero attached hydrogens (tertiary/aromatic N) is 2. The molecule has 1 aliphatic heterocycles. The molecule has 1 amide bonds. The van der Waals surface area contributed by atoms with E-state index in [0.29, 0.717) is 18.7 Å². The first kappa shape index (κ1) is 14.0. The molecule has 2 rings (SSSR count). The Hall–Kier alpha value is -2.44. The molecule has 1 aromatic carbocycles. The van der Waals surface area contributed by atoms with Crippen LogP contribution >= 0.6 is 0 Å². The molecule has 7 nitrogen and oxygen atoms in total. The molecule has 0 bridgehead atoms. The van der Waals surface area contributed by atoms with E-state index in [1.54, 1.807) is 6.07 Å². The molecule has 0 aliphatic carbocycles. The Morgan fingerprint density at radius 3 is 2.95 bits per heavy atom. The van der Waals surface area contributed by atoms with Crippen LogP contribution in [0, 0.1) is 0 Å². The highest BCUT2D eigenvalue weighted by Gasteiger charge is 2.33. The van der Waals surface area contributed by atoms with Crippen molar-refractivity contribution in [1.29, 1.82) is 0 Å². The molecule has 1 atom stereocenters. The smallest absolute Gasteiger partial charge is 0.258 e. The summed E-state index contributed by atoms with van der Waals surface area (Å²) in [6.45, 7) is 0.496. The molecule has 1 unspecified atom stereocenters. The van der Waals surface area contributed by atoms with Crippen LogP contribution in [0.5, 0.6) is 11.5 Å². The summed E-state index contributed by atoms with van der Waals surface area (Å²) < 4.78 is 5.05. The van der Waals surface area contributed by atoms with E-state index in [1.165, 1.54) is 24.1 Å². The Kier molecular flexibility index (Phi) is 3.97. The average Bonchev–Trinajstić information content (AvgIpc) is 2.95. The van der Waals surface area contributed by atoms with E-state index in [-0.39, 0.29) is 23.1 Å². The van der Waals surface area contributed by atoms with Crippen molar-refractivity contribution in [3.05, 3.63) is 23.8 Å². The van der Waals surface area contributed by atoms with Crippen molar-refractivity contribution < 1.29 is 19.8 Å². The summed E-state index contributed by atoms with van der Waals surface area (Å²) in [5, 5.41) is 21.6. The number of amides is 1. The lowest BCUT2D eigenvalue weighted by atomic mass is 10.1. The Morgan fingerprint density at radius 2 is 2.30 bits per heavy atom. The first-order chi connectivity index (χ1) is 9.58. The van der Waals surface area contributed by atoms with Crippen molar-refractivity contribution in [3.63, 3.8) is 0 Å². The van der Waals surface area contributed by atoms with Crippen molar-refractivity contribution in [3.8, 4) is 11.5 Å². The van der Waals surface area contributed by atoms with Gasteiger partial charge in [-0.15, -0.1) is 0 Å². The Morgan fingerprint density at radius 1 is 1.55 bits per heavy atom. The maximum Gasteiger partial charge on any atom is 0.258 e. The molecular weight excluding hydrogens is 262 g/mol. The maximum atomic E-state index is 12.5. The van der Waals surface area contributed by atoms with Gasteiger partial charge in [-0.3, -0.25) is 4.79 Å². The number of carbonyl (C=O) groups is 1. The number of hydrogen-bond acceptors (Lipinski definition) is 5. The van der Waals surface area contributed by atoms with E-state index in [1.807, 2.05) is 0 Å². The average molecular weight is 279 g/mol. The monoisotopic (exact) mass is 279 g/mol. The lowest BCUT2D eigenvalue weighted by molar-refractivity contribution is 0.0764. The summed E-state index contributed by atoms with van der Waals surface area (Å²) in [6, 6.07) is 4.00. The van der Waals surface area contributed by atoms with E-state index >= 15 is 0 Å². The summed E-state index contributed by atoms with van der Waals surface area (Å²) >= 11 is 0. The second-order valence-electron chi connectivity index (χ2n) is 4.56. The molecule has 1 aliphatic rings. The van der Waals surface area contributed by atoms with Gasteiger partial charge in [0.2, 0.25) is 0 Å². The van der Waals surface area contributed by atoms with Gasteiger partial charge in [0.25, 0.3) is 5.91 Å². The third-order valence-electron chi connectivity index (χ3n) is 3.40. The molecule has 1 saturated heterocycles. The minimum atomic E-state index is -0.446. The zero-order valence-corrected chi connectivity index (χ0v) is 11.1. The van der Waals surface area contributed by atoms with Gasteiger partial charge >= 0.3 is 0 Å². The van der Waals surface area contributed by atoms with Gasteiger partial charge in [0.15, 0.2) is 5.84 Å². The minimum Gasteiger partial charge on any atom is -0.507 e. The van der Waals surface area contributed by atoms with Crippen LogP contribution < -0.4 is 10.5 Å². The number of oxime groups is 1. The van der Waals surface area contributed by atoms with Gasteiger partial charge in [-0.1, -0.05) is 5.16 Å². The van der Waals surface area contributed by atoms with E-state index in [9.17, 15) is 9.90 Å². The highest BCUT2D eigenvalue weighted by molar-refractivity contribution is 6.00. The molecule has 108 valence electrons. The van der Waals surface area contributed by atoms with Gasteiger partial charge in [0.1, 0.15) is 11.5 Å². The molecule has 4 N–H and O–H groups in total. The fraction of sp³-hybridized carbons (Fsp3) is 0.385. The van der Waals surface area contributed by atoms with E-state index in [2.05, 4.69) is 5.16 Å². The van der Waals surface area contributed by atoms with Crippen molar-refractivity contribution in [2.24, 2.45) is 10.9 Å². The van der Waals surface area contributed by atoms with Gasteiger partial charge in [0, 0.05) is 6.54 Å². The SMILES string of the molecule is COc1ccc(O)c(C(=O)N2CCCC2C(N)=NO)c1. The van der Waals surface area contributed by atoms with E-state index in [0.717, 1.165) is 6.42 Å². The third-order valence-corrected chi connectivity index (χ3v) is 3.40. The van der Waals surface area contributed by atoms with Crippen LogP contribution in [0.25, 0.3) is 0 Å². The summed E-state index contributed by atoms with van der Waals surface area (Å²) in [6.07, 6.45) is 1.39. The lowest BCUT2D eigenvalue weighted by Gasteiger charge is -2.24. The summed E-state index contributed by atoms with van der Waals surface area (Å²) in [4.78, 5) is 14.0. The highest BCUT2D eigenvalue weighted by atomic mass is 16.5. The second kappa shape index (κ2) is 5.68. The standard InChI is InChI=1S/C13H17N3O4/c1-20-8-4-5-11(17)9(7-8)13(18)16-6-2-3-10(16)12(14)15-19/h4-5,7,10,17,19H,2-3,6H2,1H3,(H2,14,15). The lowest BCUT2D eigenvalue weighted by Crippen LogP contribution is -2.43. The second-order valence-corrected chi connectivity index (χ2v) is 4.56. The quantitative estimate of drug-likeness (QED) is 0.327. The van der Waals surface area contributed by atoms with Gasteiger partial charge in [-0.2, -0.15) is 0 Å². The number of amidine groups is 1. The van der Waals surface area contributed by atoms with Gasteiger partial charge < -0.3 is 25.7 Å². The fourth-order valence-corrected chi connectivity index (χ4v) is 2.35. The predicted molar refractivity (Wildman–Crippen MR) is 72.1 cm³/mol. The molecule has 0 spiro atoms. The van der Waals surface area contributed by atoms with Crippen molar-refractivity contribution >= 4 is 11.7 Å². The number of ether oxygens (including phenoxy) is 1. The van der Waals surface area contributed by atoms with Crippen LogP contribution in [0.1, 0.15) is 23.2 Å². The molecular formula is C13H17N3O4. The largest absolute Gasteiger partial charge is 0.507 e. The van der Waals surface area contributed by atoms with Crippen LogP contribution in [-0.4, -0.2) is 46.7 Å². The minimum absolute atomic E-state index is 0.00163. The number of phenols is 1. The van der Waals surface area contributed by atoms with Crippen molar-refractivity contribution in [2.75, 3.05) is 13.7 Å². The normalized spacial score (nSPS) is 19.1. The number of methoxy groups -OCH3 is 1. The number of aromatic hydroxyl groups is 1. The number of likely N-dealkylation sites (tertiary alicyclic amines) is 1. The molecule has 0 radical (unpaired) electrons. The topological polar surface area (TPSA) is 108 Å². The van der Waals surface area contributed by atoms with Crippen molar-refractivity contribution in [1.82, 2.24) is 4.90 Å². The van der Waals surface area contributed by atoms with E-state index in [4.69, 9.17) is 15.7 Å². The van der Waals surface area contributed by atoms with Crippen LogP contribution in [-0.2, 0) is 0 Å². The fourth-order valence-electron chi connectivity index (χ4n) is 2.35. The molecule has 0 saturated carbocycles. The zero-order valence-electron chi connectivity index (χ0n) is 11.1. The first-order valence-corrected chi connectivity index (χ1v) is 6.24. The van der Waals surface area contributed by atoms with Crippen LogP contribution in [0.15, 0.2) is 23.4 Å². The first-order valence-electron chi connectivity index (χ1n) is 6.24. The highest BCUT2D eigenvalue weighted by Crippen LogP contribution is 2.27. The molecule has 1 heterocycles. The number of rotatable bonds is 3. The number of nitrogens with two attached hydrogens (primary N) is 1. The van der Waals surface area contributed by atoms with Crippen LogP contribution in [0.4, 0.5) is 0 Å². The third kappa shape index (κ3) is 2.47. The van der Waals surface area contributed by atoms with Crippen LogP contribution in [0.2, 0.25) is 0 Å². The molecule has 0 aromatic heterocycles. The van der Waals surface area contributed by atoms with Crippen molar-refractivity contribution in [2.45, 2.75) is 18.9 Å². The summed E-state index contributed by atoms with van der Waals surface area (Å²) in [7, 11) is 1.48. The Bertz CT molecular complexity index is 544. The van der Waals surface area contributed by atoms with Gasteiger partial charge in [-0.25, -0.2) is 0 Å². The maximum absolute atomic E-state index is 12.5. The number of phenolic OH excluding ortho intramolecular Hbond substituents is 1. The predicted octanol–water partition coefficient (Wildman–Crippen LogP) is 0.752. The molecule has 7 heteroatoms. The summed E-state index contributed by atoms with van der Waals surface area (Å²) in [5.74, 6) is -0.0135. The Labute approximate surface area is 116 Å². The molecule has 1 aromatic rings. The Balaban J connectivity index is 2.31. The molecule has 20 heavy (non-hydrogen) atoms. The van der Waals surface area contributed by atoms with E-state index < -0.39 is 6.04 Å². The molecule has 1 fully saturated rings. The van der Waals surface area contributed by atoms with Crippen LogP contribution in [0.3, 0.4) is 0 Å². The van der Waals surface area contributed by atoms with Gasteiger partial charge in [0.05, 0.1) is 18.7 Å².